The summed E-state index contributed by atoms with van der Waals surface area (Å²) in [6, 6.07) is 23.6. The van der Waals surface area contributed by atoms with Gasteiger partial charge in [-0.1, -0.05) is 59.4 Å². The number of nitrogens with zero attached hydrogens (tertiary/aromatic N) is 5. The fraction of sp³-hybridized carbons (Fsp3) is 0.182. The molecule has 0 fully saturated rings. The first-order valence-corrected chi connectivity index (χ1v) is 14.5. The molecular weight excluding hydrogens is 546 g/mol. The average molecular weight is 576 g/mol. The van der Waals surface area contributed by atoms with Gasteiger partial charge in [-0.25, -0.2) is 4.68 Å². The van der Waals surface area contributed by atoms with Gasteiger partial charge in [0.2, 0.25) is 4.96 Å². The van der Waals surface area contributed by atoms with Crippen molar-refractivity contribution in [2.45, 2.75) is 40.2 Å². The molecule has 0 radical (unpaired) electrons. The van der Waals surface area contributed by atoms with Crippen LogP contribution < -0.4 is 20.4 Å². The smallest absolute Gasteiger partial charge is 0.296 e. The Balaban J connectivity index is 1.46. The molecule has 6 rings (SSSR count). The minimum atomic E-state index is -0.430. The summed E-state index contributed by atoms with van der Waals surface area (Å²) in [4.78, 5) is 30.8. The summed E-state index contributed by atoms with van der Waals surface area (Å²) in [5.41, 5.74) is 5.76. The van der Waals surface area contributed by atoms with Gasteiger partial charge in [-0.2, -0.15) is 19.7 Å². The van der Waals surface area contributed by atoms with Gasteiger partial charge in [0, 0.05) is 23.7 Å². The highest BCUT2D eigenvalue weighted by Crippen LogP contribution is 2.29. The summed E-state index contributed by atoms with van der Waals surface area (Å²) in [6.45, 7) is 8.00. The molecule has 0 atom stereocenters. The first-order chi connectivity index (χ1) is 20.2. The first kappa shape index (κ1) is 27.3. The van der Waals surface area contributed by atoms with Gasteiger partial charge < -0.3 is 4.74 Å². The summed E-state index contributed by atoms with van der Waals surface area (Å²) in [7, 11) is 0. The standard InChI is InChI=1S/C33H29N5O3S/c1-20(2)41-28-15-14-24(16-22(28)4)30-25(19-37(36-30)26-8-6-5-7-9-26)18-29-32(40)38-33(42-29)34-31(39)27(35-38)17-23-12-10-21(3)11-13-23/h5-16,18-20H,17H2,1-4H3/b29-18-. The molecule has 0 aliphatic rings. The van der Waals surface area contributed by atoms with E-state index in [4.69, 9.17) is 9.84 Å². The normalized spacial score (nSPS) is 12.0. The topological polar surface area (TPSA) is 91.4 Å². The van der Waals surface area contributed by atoms with Gasteiger partial charge in [0.25, 0.3) is 11.1 Å². The van der Waals surface area contributed by atoms with E-state index in [1.165, 1.54) is 4.52 Å². The van der Waals surface area contributed by atoms with Crippen molar-refractivity contribution in [3.05, 3.63) is 132 Å². The summed E-state index contributed by atoms with van der Waals surface area (Å²) in [5, 5.41) is 9.32. The molecule has 0 unspecified atom stereocenters. The maximum absolute atomic E-state index is 13.5. The number of hydrogen-bond acceptors (Lipinski definition) is 7. The zero-order valence-electron chi connectivity index (χ0n) is 23.7. The molecular formula is C33H29N5O3S. The molecule has 3 aromatic carbocycles. The third kappa shape index (κ3) is 5.51. The Labute approximate surface area is 246 Å². The van der Waals surface area contributed by atoms with Gasteiger partial charge >= 0.3 is 0 Å². The molecule has 42 heavy (non-hydrogen) atoms. The number of thiazole rings is 1. The second-order valence-electron chi connectivity index (χ2n) is 10.5. The van der Waals surface area contributed by atoms with Crippen molar-refractivity contribution in [2.75, 3.05) is 0 Å². The molecule has 0 bridgehead atoms. The third-order valence-corrected chi connectivity index (χ3v) is 7.76. The van der Waals surface area contributed by atoms with E-state index < -0.39 is 5.56 Å². The van der Waals surface area contributed by atoms with E-state index in [2.05, 4.69) is 10.1 Å². The van der Waals surface area contributed by atoms with Crippen LogP contribution in [0.5, 0.6) is 5.75 Å². The van der Waals surface area contributed by atoms with Crippen LogP contribution in [-0.4, -0.2) is 30.5 Å². The van der Waals surface area contributed by atoms with Gasteiger partial charge in [0.15, 0.2) is 0 Å². The molecule has 0 saturated heterocycles. The highest BCUT2D eigenvalue weighted by atomic mass is 32.1. The van der Waals surface area contributed by atoms with Gasteiger partial charge in [-0.05, 0) is 75.2 Å². The molecule has 8 nitrogen and oxygen atoms in total. The predicted molar refractivity (Wildman–Crippen MR) is 166 cm³/mol. The highest BCUT2D eigenvalue weighted by molar-refractivity contribution is 7.15. The molecule has 6 aromatic rings. The molecule has 0 aliphatic heterocycles. The molecule has 0 amide bonds. The van der Waals surface area contributed by atoms with E-state index in [1.54, 1.807) is 10.8 Å². The lowest BCUT2D eigenvalue weighted by molar-refractivity contribution is 0.241. The minimum absolute atomic E-state index is 0.0610. The Morgan fingerprint density at radius 2 is 1.71 bits per heavy atom. The van der Waals surface area contributed by atoms with Crippen molar-refractivity contribution >= 4 is 22.4 Å². The molecule has 0 N–H and O–H groups in total. The predicted octanol–water partition coefficient (Wildman–Crippen LogP) is 4.91. The van der Waals surface area contributed by atoms with Crippen LogP contribution in [0.25, 0.3) is 28.0 Å². The highest BCUT2D eigenvalue weighted by Gasteiger charge is 2.16. The number of benzene rings is 3. The Hall–Kier alpha value is -4.89. The molecule has 3 aromatic heterocycles. The van der Waals surface area contributed by atoms with Gasteiger partial charge in [-0.3, -0.25) is 9.59 Å². The maximum Gasteiger partial charge on any atom is 0.296 e. The number of ether oxygens (including phenoxy) is 1. The first-order valence-electron chi connectivity index (χ1n) is 13.7. The van der Waals surface area contributed by atoms with Crippen molar-refractivity contribution in [3.8, 4) is 22.7 Å². The number of aromatic nitrogens is 5. The van der Waals surface area contributed by atoms with Gasteiger partial charge in [-0.15, -0.1) is 0 Å². The Morgan fingerprint density at radius 1 is 0.952 bits per heavy atom. The van der Waals surface area contributed by atoms with Crippen molar-refractivity contribution in [2.24, 2.45) is 0 Å². The zero-order chi connectivity index (χ0) is 29.4. The molecule has 3 heterocycles. The molecule has 9 heteroatoms. The Morgan fingerprint density at radius 3 is 2.43 bits per heavy atom. The van der Waals surface area contributed by atoms with Gasteiger partial charge in [0.05, 0.1) is 16.3 Å². The fourth-order valence-corrected chi connectivity index (χ4v) is 5.60. The summed E-state index contributed by atoms with van der Waals surface area (Å²) in [6.07, 6.45) is 4.05. The van der Waals surface area contributed by atoms with Crippen LogP contribution in [-0.2, 0) is 6.42 Å². The second kappa shape index (κ2) is 11.2. The largest absolute Gasteiger partial charge is 0.491 e. The van der Waals surface area contributed by atoms with Crippen molar-refractivity contribution in [1.82, 2.24) is 24.4 Å². The van der Waals surface area contributed by atoms with Crippen LogP contribution in [0, 0.1) is 13.8 Å². The van der Waals surface area contributed by atoms with E-state index in [0.717, 1.165) is 50.6 Å². The van der Waals surface area contributed by atoms with Crippen molar-refractivity contribution < 1.29 is 4.74 Å². The van der Waals surface area contributed by atoms with E-state index >= 15 is 0 Å². The van der Waals surface area contributed by atoms with E-state index in [9.17, 15) is 9.59 Å². The zero-order valence-corrected chi connectivity index (χ0v) is 24.6. The van der Waals surface area contributed by atoms with Crippen LogP contribution in [0.2, 0.25) is 0 Å². The van der Waals surface area contributed by atoms with E-state index in [1.807, 2.05) is 107 Å². The van der Waals surface area contributed by atoms with Crippen LogP contribution in [0.15, 0.2) is 88.6 Å². The second-order valence-corrected chi connectivity index (χ2v) is 11.5. The SMILES string of the molecule is Cc1ccc(Cc2nn3c(=O)/c(=C/c4cn(-c5ccccc5)nc4-c4ccc(OC(C)C)c(C)c4)sc3nc2=O)cc1. The van der Waals surface area contributed by atoms with Crippen LogP contribution >= 0.6 is 11.3 Å². The molecule has 210 valence electrons. The number of fused-ring (bicyclic) bond motifs is 1. The molecule has 0 saturated carbocycles. The Bertz CT molecular complexity index is 2080. The number of rotatable bonds is 7. The van der Waals surface area contributed by atoms with E-state index in [-0.39, 0.29) is 22.3 Å². The number of para-hydroxylation sites is 1. The van der Waals surface area contributed by atoms with Crippen LogP contribution in [0.4, 0.5) is 0 Å². The summed E-state index contributed by atoms with van der Waals surface area (Å²) in [5.74, 6) is 0.816. The molecule has 0 spiro atoms. The fourth-order valence-electron chi connectivity index (χ4n) is 4.71. The molecule has 0 aliphatic carbocycles. The monoisotopic (exact) mass is 575 g/mol. The van der Waals surface area contributed by atoms with Crippen molar-refractivity contribution in [1.29, 1.82) is 0 Å². The number of hydrogen-bond donors (Lipinski definition) is 0. The third-order valence-electron chi connectivity index (χ3n) is 6.80. The van der Waals surface area contributed by atoms with Crippen molar-refractivity contribution in [3.63, 3.8) is 0 Å². The lowest BCUT2D eigenvalue weighted by Gasteiger charge is -2.13. The lowest BCUT2D eigenvalue weighted by atomic mass is 10.0. The quantitative estimate of drug-likeness (QED) is 0.269. The minimum Gasteiger partial charge on any atom is -0.491 e. The number of aryl methyl sites for hydroxylation is 2. The summed E-state index contributed by atoms with van der Waals surface area (Å²) >= 11 is 1.14. The average Bonchev–Trinajstić information content (AvgIpc) is 3.52. The van der Waals surface area contributed by atoms with E-state index in [0.29, 0.717) is 16.6 Å². The van der Waals surface area contributed by atoms with Crippen LogP contribution in [0.3, 0.4) is 0 Å². The Kier molecular flexibility index (Phi) is 7.26. The lowest BCUT2D eigenvalue weighted by Crippen LogP contribution is -2.28. The maximum atomic E-state index is 13.5. The van der Waals surface area contributed by atoms with Crippen LogP contribution in [0.1, 0.15) is 41.8 Å². The van der Waals surface area contributed by atoms with Gasteiger partial charge in [0.1, 0.15) is 17.1 Å². The summed E-state index contributed by atoms with van der Waals surface area (Å²) < 4.78 is 9.37.